The molecule has 20 heavy (non-hydrogen) atoms. The Labute approximate surface area is 115 Å². The van der Waals surface area contributed by atoms with Gasteiger partial charge >= 0.3 is 0 Å². The fourth-order valence-electron chi connectivity index (χ4n) is 1.48. The number of benzene rings is 1. The smallest absolute Gasteiger partial charge is 0.289 e. The molecule has 0 aliphatic carbocycles. The average molecular weight is 271 g/mol. The summed E-state index contributed by atoms with van der Waals surface area (Å²) in [5.74, 6) is 0.200. The number of phenols is 1. The molecule has 2 aromatic rings. The molecule has 0 aliphatic rings. The summed E-state index contributed by atoms with van der Waals surface area (Å²) >= 11 is 0. The highest BCUT2D eigenvalue weighted by molar-refractivity contribution is 5.93. The van der Waals surface area contributed by atoms with Gasteiger partial charge in [-0.05, 0) is 30.3 Å². The molecule has 1 heterocycles. The van der Waals surface area contributed by atoms with Crippen molar-refractivity contribution >= 4 is 12.1 Å². The van der Waals surface area contributed by atoms with Gasteiger partial charge in [0.25, 0.3) is 5.91 Å². The van der Waals surface area contributed by atoms with Crippen molar-refractivity contribution in [3.63, 3.8) is 0 Å². The molecule has 0 unspecified atom stereocenters. The number of amides is 1. The predicted octanol–water partition coefficient (Wildman–Crippen LogP) is 1.56. The lowest BCUT2D eigenvalue weighted by molar-refractivity contribution is 0.0950. The van der Waals surface area contributed by atoms with Crippen LogP contribution in [0.15, 0.2) is 47.7 Å². The van der Waals surface area contributed by atoms with Crippen LogP contribution in [0.1, 0.15) is 16.1 Å². The maximum Gasteiger partial charge on any atom is 0.289 e. The standard InChI is InChI=1S/C14H13N3O3/c1-20-11-5-6-13(18)10(8-11)9-16-17-14(19)12-4-2-3-7-15-12/h2-9,18H,1H3,(H,17,19)/b16-9+. The number of ether oxygens (including phenoxy) is 1. The Hall–Kier alpha value is -2.89. The molecule has 102 valence electrons. The number of hydrogen-bond acceptors (Lipinski definition) is 5. The highest BCUT2D eigenvalue weighted by Crippen LogP contribution is 2.20. The van der Waals surface area contributed by atoms with Gasteiger partial charge in [-0.3, -0.25) is 9.78 Å². The normalized spacial score (nSPS) is 10.4. The van der Waals surface area contributed by atoms with Crippen LogP contribution in [0.3, 0.4) is 0 Å². The molecule has 0 spiro atoms. The molecule has 0 fully saturated rings. The summed E-state index contributed by atoms with van der Waals surface area (Å²) in [6.45, 7) is 0. The highest BCUT2D eigenvalue weighted by atomic mass is 16.5. The first kappa shape index (κ1) is 13.5. The van der Waals surface area contributed by atoms with Gasteiger partial charge in [-0.15, -0.1) is 0 Å². The Kier molecular flexibility index (Phi) is 4.28. The van der Waals surface area contributed by atoms with E-state index in [4.69, 9.17) is 4.74 Å². The molecule has 0 atom stereocenters. The van der Waals surface area contributed by atoms with Crippen LogP contribution < -0.4 is 10.2 Å². The van der Waals surface area contributed by atoms with E-state index in [1.165, 1.54) is 25.6 Å². The minimum atomic E-state index is -0.427. The van der Waals surface area contributed by atoms with Gasteiger partial charge in [-0.1, -0.05) is 6.07 Å². The van der Waals surface area contributed by atoms with Crippen LogP contribution in [0.4, 0.5) is 0 Å². The predicted molar refractivity (Wildman–Crippen MR) is 74.0 cm³/mol. The number of carbonyl (C=O) groups is 1. The number of aromatic hydroxyl groups is 1. The number of nitrogens with zero attached hydrogens (tertiary/aromatic N) is 2. The Morgan fingerprint density at radius 2 is 2.25 bits per heavy atom. The lowest BCUT2D eigenvalue weighted by atomic mass is 10.2. The number of pyridine rings is 1. The first-order valence-corrected chi connectivity index (χ1v) is 5.82. The number of hydrogen-bond donors (Lipinski definition) is 2. The van der Waals surface area contributed by atoms with E-state index in [0.717, 1.165) is 0 Å². The zero-order valence-electron chi connectivity index (χ0n) is 10.8. The van der Waals surface area contributed by atoms with Crippen molar-refractivity contribution in [2.45, 2.75) is 0 Å². The van der Waals surface area contributed by atoms with Crippen LogP contribution in [0, 0.1) is 0 Å². The Balaban J connectivity index is 2.05. The minimum Gasteiger partial charge on any atom is -0.507 e. The molecule has 1 aromatic carbocycles. The highest BCUT2D eigenvalue weighted by Gasteiger charge is 2.04. The first-order valence-electron chi connectivity index (χ1n) is 5.82. The molecule has 0 radical (unpaired) electrons. The van der Waals surface area contributed by atoms with E-state index in [9.17, 15) is 9.90 Å². The number of carbonyl (C=O) groups excluding carboxylic acids is 1. The van der Waals surface area contributed by atoms with E-state index in [-0.39, 0.29) is 11.4 Å². The van der Waals surface area contributed by atoms with Gasteiger partial charge in [0.15, 0.2) is 0 Å². The second kappa shape index (κ2) is 6.33. The molecule has 0 saturated carbocycles. The third-order valence-corrected chi connectivity index (χ3v) is 2.50. The molecule has 0 bridgehead atoms. The fraction of sp³-hybridized carbons (Fsp3) is 0.0714. The molecule has 1 aromatic heterocycles. The van der Waals surface area contributed by atoms with Crippen LogP contribution in [0.2, 0.25) is 0 Å². The van der Waals surface area contributed by atoms with Gasteiger partial charge in [0.2, 0.25) is 0 Å². The second-order valence-corrected chi connectivity index (χ2v) is 3.84. The lowest BCUT2D eigenvalue weighted by Gasteiger charge is -2.03. The quantitative estimate of drug-likeness (QED) is 0.653. The SMILES string of the molecule is COc1ccc(O)c(/C=N/NC(=O)c2ccccn2)c1. The summed E-state index contributed by atoms with van der Waals surface area (Å²) in [5, 5.41) is 13.4. The molecular formula is C14H13N3O3. The van der Waals surface area contributed by atoms with Gasteiger partial charge in [-0.2, -0.15) is 5.10 Å². The van der Waals surface area contributed by atoms with Gasteiger partial charge in [0.05, 0.1) is 13.3 Å². The summed E-state index contributed by atoms with van der Waals surface area (Å²) in [5.41, 5.74) is 3.03. The molecule has 0 aliphatic heterocycles. The second-order valence-electron chi connectivity index (χ2n) is 3.84. The molecule has 1 amide bonds. The maximum atomic E-state index is 11.7. The van der Waals surface area contributed by atoms with Crippen molar-refractivity contribution < 1.29 is 14.6 Å². The van der Waals surface area contributed by atoms with E-state index in [0.29, 0.717) is 11.3 Å². The van der Waals surface area contributed by atoms with Crippen LogP contribution in [-0.2, 0) is 0 Å². The number of aromatic nitrogens is 1. The minimum absolute atomic E-state index is 0.0432. The van der Waals surface area contributed by atoms with Crippen molar-refractivity contribution in [3.05, 3.63) is 53.9 Å². The van der Waals surface area contributed by atoms with Crippen LogP contribution in [0.5, 0.6) is 11.5 Å². The zero-order chi connectivity index (χ0) is 14.4. The Morgan fingerprint density at radius 1 is 1.40 bits per heavy atom. The lowest BCUT2D eigenvalue weighted by Crippen LogP contribution is -2.18. The van der Waals surface area contributed by atoms with Crippen molar-refractivity contribution in [3.8, 4) is 11.5 Å². The third kappa shape index (κ3) is 3.32. The Bertz CT molecular complexity index is 627. The fourth-order valence-corrected chi connectivity index (χ4v) is 1.48. The summed E-state index contributed by atoms with van der Waals surface area (Å²) in [7, 11) is 1.52. The Morgan fingerprint density at radius 3 is 2.95 bits per heavy atom. The summed E-state index contributed by atoms with van der Waals surface area (Å²) in [6.07, 6.45) is 2.85. The van der Waals surface area contributed by atoms with Gasteiger partial charge in [-0.25, -0.2) is 5.43 Å². The van der Waals surface area contributed by atoms with E-state index < -0.39 is 5.91 Å². The average Bonchev–Trinajstić information content (AvgIpc) is 2.50. The summed E-state index contributed by atoms with van der Waals surface area (Å²) < 4.78 is 5.04. The van der Waals surface area contributed by atoms with Crippen LogP contribution in [-0.4, -0.2) is 29.3 Å². The van der Waals surface area contributed by atoms with Crippen molar-refractivity contribution in [2.24, 2.45) is 5.10 Å². The van der Waals surface area contributed by atoms with Crippen LogP contribution in [0.25, 0.3) is 0 Å². The number of hydrazone groups is 1. The van der Waals surface area contributed by atoms with Gasteiger partial charge in [0.1, 0.15) is 17.2 Å². The number of methoxy groups -OCH3 is 1. The molecule has 6 heteroatoms. The first-order chi connectivity index (χ1) is 9.70. The van der Waals surface area contributed by atoms with Gasteiger partial charge in [0, 0.05) is 11.8 Å². The largest absolute Gasteiger partial charge is 0.507 e. The number of phenolic OH excluding ortho intramolecular Hbond substituents is 1. The van der Waals surface area contributed by atoms with E-state index in [2.05, 4.69) is 15.5 Å². The molecule has 2 N–H and O–H groups in total. The summed E-state index contributed by atoms with van der Waals surface area (Å²) in [4.78, 5) is 15.6. The number of nitrogens with one attached hydrogen (secondary N) is 1. The third-order valence-electron chi connectivity index (χ3n) is 2.50. The van der Waals surface area contributed by atoms with Crippen LogP contribution >= 0.6 is 0 Å². The van der Waals surface area contributed by atoms with Gasteiger partial charge < -0.3 is 9.84 Å². The van der Waals surface area contributed by atoms with E-state index >= 15 is 0 Å². The summed E-state index contributed by atoms with van der Waals surface area (Å²) in [6, 6.07) is 9.72. The maximum absolute atomic E-state index is 11.7. The van der Waals surface area contributed by atoms with Crippen molar-refractivity contribution in [1.29, 1.82) is 0 Å². The molecular weight excluding hydrogens is 258 g/mol. The molecule has 0 saturated heterocycles. The molecule has 2 rings (SSSR count). The molecule has 6 nitrogen and oxygen atoms in total. The topological polar surface area (TPSA) is 83.8 Å². The van der Waals surface area contributed by atoms with Crippen molar-refractivity contribution in [2.75, 3.05) is 7.11 Å². The monoisotopic (exact) mass is 271 g/mol. The van der Waals surface area contributed by atoms with E-state index in [1.807, 2.05) is 0 Å². The van der Waals surface area contributed by atoms with Crippen molar-refractivity contribution in [1.82, 2.24) is 10.4 Å². The van der Waals surface area contributed by atoms with E-state index in [1.54, 1.807) is 30.3 Å². The number of rotatable bonds is 4. The zero-order valence-corrected chi connectivity index (χ0v) is 10.8.